The third kappa shape index (κ3) is 2.73. The van der Waals surface area contributed by atoms with E-state index in [9.17, 15) is 4.79 Å². The molecular weight excluding hydrogens is 252 g/mol. The van der Waals surface area contributed by atoms with Crippen molar-refractivity contribution in [2.24, 2.45) is 5.73 Å². The van der Waals surface area contributed by atoms with Gasteiger partial charge in [0, 0.05) is 35.8 Å². The maximum Gasteiger partial charge on any atom is 0.223 e. The summed E-state index contributed by atoms with van der Waals surface area (Å²) in [4.78, 5) is 14.3. The normalized spacial score (nSPS) is 24.6. The number of aromatic nitrogens is 2. The molecule has 1 aliphatic heterocycles. The van der Waals surface area contributed by atoms with Gasteiger partial charge in [-0.25, -0.2) is 0 Å². The number of hydrogen-bond donors (Lipinski definition) is 1. The molecule has 2 unspecified atom stereocenters. The first-order valence-corrected chi connectivity index (χ1v) is 7.33. The van der Waals surface area contributed by atoms with Crippen molar-refractivity contribution in [3.8, 4) is 0 Å². The quantitative estimate of drug-likeness (QED) is 0.902. The average Bonchev–Trinajstić information content (AvgIpc) is 2.79. The van der Waals surface area contributed by atoms with Crippen LogP contribution in [-0.4, -0.2) is 32.2 Å². The van der Waals surface area contributed by atoms with Crippen molar-refractivity contribution in [1.29, 1.82) is 0 Å². The summed E-state index contributed by atoms with van der Waals surface area (Å²) >= 11 is 0. The van der Waals surface area contributed by atoms with Gasteiger partial charge in [0.2, 0.25) is 5.91 Å². The van der Waals surface area contributed by atoms with Gasteiger partial charge in [0.25, 0.3) is 0 Å². The van der Waals surface area contributed by atoms with Crippen molar-refractivity contribution in [2.45, 2.75) is 71.1 Å². The standard InChI is InChI=1S/C15H26N4O/c1-10(2)18-9-11(8-17-18)14-12(16)6-7-13(20)19(14)15(3,4)5/h8-10,12,14H,6-7,16H2,1-5H3. The van der Waals surface area contributed by atoms with Gasteiger partial charge < -0.3 is 10.6 Å². The Morgan fingerprint density at radius 2 is 2.05 bits per heavy atom. The zero-order chi connectivity index (χ0) is 15.1. The lowest BCUT2D eigenvalue weighted by molar-refractivity contribution is -0.144. The SMILES string of the molecule is CC(C)n1cc(C2C(N)CCC(=O)N2C(C)(C)C)cn1. The van der Waals surface area contributed by atoms with E-state index in [2.05, 4.69) is 39.7 Å². The molecule has 1 amide bonds. The first-order chi connectivity index (χ1) is 9.21. The number of likely N-dealkylation sites (tertiary alicyclic amines) is 1. The Labute approximate surface area is 121 Å². The number of amides is 1. The van der Waals surface area contributed by atoms with Crippen LogP contribution in [0.1, 0.15) is 65.1 Å². The van der Waals surface area contributed by atoms with Gasteiger partial charge in [0.15, 0.2) is 0 Å². The van der Waals surface area contributed by atoms with Crippen LogP contribution < -0.4 is 5.73 Å². The van der Waals surface area contributed by atoms with Crippen LogP contribution in [0.2, 0.25) is 0 Å². The average molecular weight is 278 g/mol. The van der Waals surface area contributed by atoms with E-state index < -0.39 is 0 Å². The minimum atomic E-state index is -0.236. The molecule has 20 heavy (non-hydrogen) atoms. The molecule has 0 radical (unpaired) electrons. The molecular formula is C15H26N4O. The highest BCUT2D eigenvalue weighted by Crippen LogP contribution is 2.36. The summed E-state index contributed by atoms with van der Waals surface area (Å²) in [6.45, 7) is 10.4. The van der Waals surface area contributed by atoms with Gasteiger partial charge in [-0.1, -0.05) is 0 Å². The van der Waals surface area contributed by atoms with Crippen molar-refractivity contribution in [1.82, 2.24) is 14.7 Å². The van der Waals surface area contributed by atoms with E-state index in [0.29, 0.717) is 12.5 Å². The Kier molecular flexibility index (Phi) is 3.91. The number of nitrogens with zero attached hydrogens (tertiary/aromatic N) is 3. The second-order valence-electron chi connectivity index (χ2n) is 6.93. The molecule has 5 nitrogen and oxygen atoms in total. The van der Waals surface area contributed by atoms with Gasteiger partial charge in [-0.05, 0) is 41.0 Å². The van der Waals surface area contributed by atoms with E-state index in [4.69, 9.17) is 5.73 Å². The largest absolute Gasteiger partial charge is 0.329 e. The van der Waals surface area contributed by atoms with E-state index in [1.54, 1.807) is 0 Å². The van der Waals surface area contributed by atoms with Crippen LogP contribution in [0.25, 0.3) is 0 Å². The van der Waals surface area contributed by atoms with E-state index in [0.717, 1.165) is 12.0 Å². The Balaban J connectivity index is 2.39. The summed E-state index contributed by atoms with van der Waals surface area (Å²) in [5, 5.41) is 4.39. The third-order valence-electron chi connectivity index (χ3n) is 3.86. The third-order valence-corrected chi connectivity index (χ3v) is 3.86. The summed E-state index contributed by atoms with van der Waals surface area (Å²) < 4.78 is 1.92. The molecule has 1 aromatic heterocycles. The minimum absolute atomic E-state index is 0.0308. The molecule has 0 spiro atoms. The smallest absolute Gasteiger partial charge is 0.223 e. The van der Waals surface area contributed by atoms with Gasteiger partial charge in [0.05, 0.1) is 12.2 Å². The lowest BCUT2D eigenvalue weighted by atomic mass is 9.88. The second kappa shape index (κ2) is 5.20. The van der Waals surface area contributed by atoms with Crippen LogP contribution in [0.3, 0.4) is 0 Å². The van der Waals surface area contributed by atoms with Crippen LogP contribution in [-0.2, 0) is 4.79 Å². The van der Waals surface area contributed by atoms with E-state index in [1.807, 2.05) is 22.0 Å². The zero-order valence-electron chi connectivity index (χ0n) is 13.1. The van der Waals surface area contributed by atoms with Gasteiger partial charge in [0.1, 0.15) is 0 Å². The summed E-state index contributed by atoms with van der Waals surface area (Å²) in [7, 11) is 0. The van der Waals surface area contributed by atoms with E-state index in [-0.39, 0.29) is 23.5 Å². The molecule has 2 atom stereocenters. The molecule has 2 rings (SSSR count). The summed E-state index contributed by atoms with van der Waals surface area (Å²) in [6, 6.07) is 0.197. The van der Waals surface area contributed by atoms with Crippen LogP contribution in [0.4, 0.5) is 0 Å². The predicted molar refractivity (Wildman–Crippen MR) is 79.2 cm³/mol. The van der Waals surface area contributed by atoms with Gasteiger partial charge >= 0.3 is 0 Å². The number of carbonyl (C=O) groups is 1. The first kappa shape index (κ1) is 15.0. The number of rotatable bonds is 2. The first-order valence-electron chi connectivity index (χ1n) is 7.33. The summed E-state index contributed by atoms with van der Waals surface area (Å²) in [5.41, 5.74) is 7.11. The van der Waals surface area contributed by atoms with Crippen LogP contribution >= 0.6 is 0 Å². The molecule has 1 fully saturated rings. The highest BCUT2D eigenvalue weighted by molar-refractivity contribution is 5.78. The zero-order valence-corrected chi connectivity index (χ0v) is 13.1. The lowest BCUT2D eigenvalue weighted by Gasteiger charge is -2.47. The Morgan fingerprint density at radius 1 is 1.40 bits per heavy atom. The van der Waals surface area contributed by atoms with Crippen molar-refractivity contribution in [3.05, 3.63) is 18.0 Å². The molecule has 112 valence electrons. The Bertz CT molecular complexity index is 486. The second-order valence-corrected chi connectivity index (χ2v) is 6.93. The molecule has 2 N–H and O–H groups in total. The van der Waals surface area contributed by atoms with Crippen molar-refractivity contribution < 1.29 is 4.79 Å². The number of carbonyl (C=O) groups excluding carboxylic acids is 1. The molecule has 0 aromatic carbocycles. The Morgan fingerprint density at radius 3 is 2.55 bits per heavy atom. The minimum Gasteiger partial charge on any atom is -0.329 e. The maximum absolute atomic E-state index is 12.4. The fourth-order valence-electron chi connectivity index (χ4n) is 2.89. The van der Waals surface area contributed by atoms with E-state index >= 15 is 0 Å². The number of hydrogen-bond acceptors (Lipinski definition) is 3. The fourth-order valence-corrected chi connectivity index (χ4v) is 2.89. The van der Waals surface area contributed by atoms with Gasteiger partial charge in [-0.2, -0.15) is 5.10 Å². The van der Waals surface area contributed by atoms with Crippen molar-refractivity contribution >= 4 is 5.91 Å². The van der Waals surface area contributed by atoms with Crippen molar-refractivity contribution in [2.75, 3.05) is 0 Å². The molecule has 1 aromatic rings. The highest BCUT2D eigenvalue weighted by Gasteiger charge is 2.41. The molecule has 1 aliphatic rings. The molecule has 0 bridgehead atoms. The number of nitrogens with two attached hydrogens (primary N) is 1. The van der Waals surface area contributed by atoms with Crippen LogP contribution in [0, 0.1) is 0 Å². The highest BCUT2D eigenvalue weighted by atomic mass is 16.2. The van der Waals surface area contributed by atoms with Gasteiger partial charge in [-0.15, -0.1) is 0 Å². The van der Waals surface area contributed by atoms with E-state index in [1.165, 1.54) is 0 Å². The topological polar surface area (TPSA) is 64.2 Å². The molecule has 0 saturated carbocycles. The fraction of sp³-hybridized carbons (Fsp3) is 0.733. The van der Waals surface area contributed by atoms with Crippen LogP contribution in [0.5, 0.6) is 0 Å². The molecule has 2 heterocycles. The maximum atomic E-state index is 12.4. The molecule has 0 aliphatic carbocycles. The number of piperidine rings is 1. The van der Waals surface area contributed by atoms with Gasteiger partial charge in [-0.3, -0.25) is 9.48 Å². The molecule has 1 saturated heterocycles. The van der Waals surface area contributed by atoms with Crippen LogP contribution in [0.15, 0.2) is 12.4 Å². The monoisotopic (exact) mass is 278 g/mol. The summed E-state index contributed by atoms with van der Waals surface area (Å²) in [6.07, 6.45) is 5.14. The van der Waals surface area contributed by atoms with Crippen molar-refractivity contribution in [3.63, 3.8) is 0 Å². The predicted octanol–water partition coefficient (Wildman–Crippen LogP) is 2.25. The Hall–Kier alpha value is -1.36. The lowest BCUT2D eigenvalue weighted by Crippen LogP contribution is -2.56. The summed E-state index contributed by atoms with van der Waals surface area (Å²) in [5.74, 6) is 0.182. The molecule has 5 heteroatoms.